The molecule has 0 bridgehead atoms. The largest absolute Gasteiger partial charge is 0.437 e. The Balaban J connectivity index is 4.88. The SMILES string of the molecule is CCCC[Si](C)(C)O[Si](C)(C)O[Si](C)(CCC)CCC(F)(F)F. The van der Waals surface area contributed by atoms with Crippen molar-refractivity contribution in [2.45, 2.75) is 96.6 Å². The summed E-state index contributed by atoms with van der Waals surface area (Å²) in [6, 6.07) is 1.98. The molecule has 0 amide bonds. The summed E-state index contributed by atoms with van der Waals surface area (Å²) >= 11 is 0. The van der Waals surface area contributed by atoms with Crippen molar-refractivity contribution in [1.29, 1.82) is 0 Å². The number of hydrogen-bond donors (Lipinski definition) is 0. The number of unbranched alkanes of at least 4 members (excludes halogenated alkanes) is 1. The smallest absolute Gasteiger partial charge is 0.388 e. The van der Waals surface area contributed by atoms with Crippen LogP contribution < -0.4 is 0 Å². The van der Waals surface area contributed by atoms with Crippen LogP contribution in [0.15, 0.2) is 0 Å². The third-order valence-corrected chi connectivity index (χ3v) is 16.4. The molecule has 0 saturated carbocycles. The minimum absolute atomic E-state index is 0.140. The van der Waals surface area contributed by atoms with Gasteiger partial charge in [-0.25, -0.2) is 0 Å². The van der Waals surface area contributed by atoms with Crippen LogP contribution in [0.4, 0.5) is 13.2 Å². The van der Waals surface area contributed by atoms with Gasteiger partial charge in [-0.3, -0.25) is 0 Å². The maximum absolute atomic E-state index is 12.6. The molecule has 23 heavy (non-hydrogen) atoms. The second-order valence-corrected chi connectivity index (χ2v) is 20.1. The zero-order valence-electron chi connectivity index (χ0n) is 15.9. The minimum atomic E-state index is -4.10. The van der Waals surface area contributed by atoms with Crippen molar-refractivity contribution in [2.75, 3.05) is 0 Å². The fraction of sp³-hybridized carbons (Fsp3) is 1.00. The summed E-state index contributed by atoms with van der Waals surface area (Å²) in [6.45, 7) is 14.5. The lowest BCUT2D eigenvalue weighted by atomic mass is 10.4. The maximum Gasteiger partial charge on any atom is 0.388 e. The first-order chi connectivity index (χ1) is 10.2. The fourth-order valence-electron chi connectivity index (χ4n) is 3.10. The number of hydrogen-bond acceptors (Lipinski definition) is 2. The Morgan fingerprint density at radius 2 is 1.35 bits per heavy atom. The molecule has 2 nitrogen and oxygen atoms in total. The van der Waals surface area contributed by atoms with E-state index in [1.54, 1.807) is 0 Å². The molecule has 0 aromatic rings. The molecular weight excluding hydrogens is 353 g/mol. The normalized spacial score (nSPS) is 16.4. The lowest BCUT2D eigenvalue weighted by Gasteiger charge is -2.40. The van der Waals surface area contributed by atoms with E-state index in [1.807, 2.05) is 26.6 Å². The molecule has 1 unspecified atom stereocenters. The lowest BCUT2D eigenvalue weighted by Crippen LogP contribution is -2.53. The Labute approximate surface area is 143 Å². The van der Waals surface area contributed by atoms with E-state index >= 15 is 0 Å². The van der Waals surface area contributed by atoms with E-state index in [4.69, 9.17) is 8.23 Å². The standard InChI is InChI=1S/C15H35F3O2Si3/c1-8-10-13-21(3,4)19-22(5,6)20-23(7,12-9-2)14-11-15(16,17)18/h8-14H2,1-7H3. The lowest BCUT2D eigenvalue weighted by molar-refractivity contribution is -0.131. The van der Waals surface area contributed by atoms with Crippen molar-refractivity contribution in [2.24, 2.45) is 0 Å². The van der Waals surface area contributed by atoms with Crippen LogP contribution >= 0.6 is 0 Å². The van der Waals surface area contributed by atoms with Crippen molar-refractivity contribution in [3.05, 3.63) is 0 Å². The number of alkyl halides is 3. The highest BCUT2D eigenvalue weighted by Gasteiger charge is 2.43. The van der Waals surface area contributed by atoms with Crippen molar-refractivity contribution in [3.8, 4) is 0 Å². The maximum atomic E-state index is 12.6. The van der Waals surface area contributed by atoms with Crippen LogP contribution in [0, 0.1) is 0 Å². The minimum Gasteiger partial charge on any atom is -0.437 e. The molecule has 0 aromatic heterocycles. The molecule has 0 aliphatic rings. The third-order valence-electron chi connectivity index (χ3n) is 3.86. The van der Waals surface area contributed by atoms with Crippen LogP contribution in [0.1, 0.15) is 39.5 Å². The third kappa shape index (κ3) is 11.5. The second-order valence-electron chi connectivity index (χ2n) is 7.78. The van der Waals surface area contributed by atoms with E-state index in [-0.39, 0.29) is 6.04 Å². The highest BCUT2D eigenvalue weighted by atomic mass is 28.5. The van der Waals surface area contributed by atoms with Gasteiger partial charge in [0.1, 0.15) is 0 Å². The van der Waals surface area contributed by atoms with Gasteiger partial charge < -0.3 is 8.23 Å². The summed E-state index contributed by atoms with van der Waals surface area (Å²) in [5, 5.41) is 0. The van der Waals surface area contributed by atoms with Gasteiger partial charge >= 0.3 is 14.7 Å². The first-order valence-corrected chi connectivity index (χ1v) is 17.5. The fourth-order valence-corrected chi connectivity index (χ4v) is 18.3. The van der Waals surface area contributed by atoms with Gasteiger partial charge in [0.05, 0.1) is 0 Å². The molecule has 0 aromatic carbocycles. The van der Waals surface area contributed by atoms with Gasteiger partial charge in [-0.15, -0.1) is 0 Å². The average Bonchev–Trinajstić information content (AvgIpc) is 2.31. The Bertz CT molecular complexity index is 349. The van der Waals surface area contributed by atoms with Gasteiger partial charge in [-0.1, -0.05) is 33.1 Å². The molecule has 0 rings (SSSR count). The second kappa shape index (κ2) is 9.17. The highest BCUT2D eigenvalue weighted by molar-refractivity contribution is 6.88. The molecule has 140 valence electrons. The zero-order chi connectivity index (χ0) is 18.4. The molecule has 0 aliphatic carbocycles. The Morgan fingerprint density at radius 1 is 0.783 bits per heavy atom. The summed E-state index contributed by atoms with van der Waals surface area (Å²) in [6.07, 6.45) is -1.70. The van der Waals surface area contributed by atoms with Gasteiger partial charge in [0.25, 0.3) is 0 Å². The molecule has 8 heteroatoms. The Hall–Kier alpha value is 0.361. The summed E-state index contributed by atoms with van der Waals surface area (Å²) in [7, 11) is -6.59. The molecule has 0 N–H and O–H groups in total. The predicted molar refractivity (Wildman–Crippen MR) is 99.0 cm³/mol. The van der Waals surface area contributed by atoms with Crippen molar-refractivity contribution in [3.63, 3.8) is 0 Å². The van der Waals surface area contributed by atoms with E-state index in [0.717, 1.165) is 31.4 Å². The highest BCUT2D eigenvalue weighted by Crippen LogP contribution is 2.33. The van der Waals surface area contributed by atoms with Crippen molar-refractivity contribution >= 4 is 25.2 Å². The summed E-state index contributed by atoms with van der Waals surface area (Å²) in [5.74, 6) is 0. The number of rotatable bonds is 11. The van der Waals surface area contributed by atoms with Gasteiger partial charge in [0.2, 0.25) is 0 Å². The van der Waals surface area contributed by atoms with Crippen molar-refractivity contribution in [1.82, 2.24) is 0 Å². The first-order valence-electron chi connectivity index (χ1n) is 8.71. The molecule has 0 aliphatic heterocycles. The summed E-state index contributed by atoms with van der Waals surface area (Å²) in [5.41, 5.74) is 0. The van der Waals surface area contributed by atoms with E-state index in [1.165, 1.54) is 0 Å². The van der Waals surface area contributed by atoms with Crippen LogP contribution in [0.5, 0.6) is 0 Å². The van der Waals surface area contributed by atoms with Crippen LogP contribution in [-0.4, -0.2) is 31.4 Å². The van der Waals surface area contributed by atoms with E-state index in [0.29, 0.717) is 0 Å². The summed E-state index contributed by atoms with van der Waals surface area (Å²) in [4.78, 5) is 0. The quantitative estimate of drug-likeness (QED) is 0.368. The molecule has 0 heterocycles. The number of halogens is 3. The molecule has 0 radical (unpaired) electrons. The monoisotopic (exact) mass is 388 g/mol. The van der Waals surface area contributed by atoms with E-state index in [2.05, 4.69) is 20.0 Å². The summed E-state index contributed by atoms with van der Waals surface area (Å²) < 4.78 is 50.6. The van der Waals surface area contributed by atoms with E-state index < -0.39 is 37.8 Å². The Kier molecular flexibility index (Phi) is 9.31. The van der Waals surface area contributed by atoms with Crippen LogP contribution in [-0.2, 0) is 8.23 Å². The molecule has 0 fully saturated rings. The van der Waals surface area contributed by atoms with Gasteiger partial charge in [-0.2, -0.15) is 13.2 Å². The van der Waals surface area contributed by atoms with Crippen LogP contribution in [0.25, 0.3) is 0 Å². The van der Waals surface area contributed by atoms with Gasteiger partial charge in [-0.05, 0) is 50.9 Å². The molecule has 0 spiro atoms. The molecular formula is C15H35F3O2Si3. The van der Waals surface area contributed by atoms with Crippen molar-refractivity contribution < 1.29 is 21.4 Å². The van der Waals surface area contributed by atoms with Gasteiger partial charge in [0, 0.05) is 6.42 Å². The van der Waals surface area contributed by atoms with Gasteiger partial charge in [0.15, 0.2) is 16.6 Å². The first kappa shape index (κ1) is 23.4. The van der Waals surface area contributed by atoms with E-state index in [9.17, 15) is 13.2 Å². The Morgan fingerprint density at radius 3 is 1.78 bits per heavy atom. The van der Waals surface area contributed by atoms with Crippen LogP contribution in [0.2, 0.25) is 50.9 Å². The predicted octanol–water partition coefficient (Wildman–Crippen LogP) is 6.66. The molecule has 1 atom stereocenters. The average molecular weight is 389 g/mol. The topological polar surface area (TPSA) is 18.5 Å². The van der Waals surface area contributed by atoms with Crippen LogP contribution in [0.3, 0.4) is 0 Å². The zero-order valence-corrected chi connectivity index (χ0v) is 18.9. The molecule has 0 saturated heterocycles.